The van der Waals surface area contributed by atoms with Gasteiger partial charge in [0.2, 0.25) is 5.91 Å². The van der Waals surface area contributed by atoms with Gasteiger partial charge < -0.3 is 10.4 Å². The summed E-state index contributed by atoms with van der Waals surface area (Å²) in [5.41, 5.74) is 0.660. The number of nitrogens with zero attached hydrogens (tertiary/aromatic N) is 1. The summed E-state index contributed by atoms with van der Waals surface area (Å²) in [6.07, 6.45) is 1.92. The van der Waals surface area contributed by atoms with Crippen LogP contribution in [-0.4, -0.2) is 40.1 Å². The van der Waals surface area contributed by atoms with Gasteiger partial charge in [-0.05, 0) is 64.7 Å². The highest BCUT2D eigenvalue weighted by atomic mass is 19.1. The van der Waals surface area contributed by atoms with Gasteiger partial charge in [0.15, 0.2) is 0 Å². The molecule has 0 spiro atoms. The fraction of sp³-hybridized carbons (Fsp3) is 0.632. The number of hydrogen-bond donors (Lipinski definition) is 2. The molecular weight excluding hydrogens is 307 g/mol. The van der Waals surface area contributed by atoms with Crippen LogP contribution in [0, 0.1) is 5.82 Å². The molecule has 1 heterocycles. The third-order valence-corrected chi connectivity index (χ3v) is 5.07. The van der Waals surface area contributed by atoms with Crippen molar-refractivity contribution in [1.29, 1.82) is 0 Å². The highest BCUT2D eigenvalue weighted by Crippen LogP contribution is 2.26. The molecule has 1 aromatic carbocycles. The molecule has 134 valence electrons. The Hall–Kier alpha value is -1.46. The predicted molar refractivity (Wildman–Crippen MR) is 93.0 cm³/mol. The van der Waals surface area contributed by atoms with Crippen molar-refractivity contribution in [3.05, 3.63) is 35.6 Å². The minimum Gasteiger partial charge on any atom is -0.388 e. The third kappa shape index (κ3) is 4.54. The molecule has 5 atom stereocenters. The molecule has 1 fully saturated rings. The third-order valence-electron chi connectivity index (χ3n) is 5.07. The number of benzene rings is 1. The Bertz CT molecular complexity index is 539. The molecule has 1 aliphatic rings. The molecule has 0 saturated carbocycles. The maximum absolute atomic E-state index is 12.9. The molecule has 1 aliphatic heterocycles. The van der Waals surface area contributed by atoms with E-state index < -0.39 is 6.10 Å². The first-order chi connectivity index (χ1) is 11.3. The number of aliphatic hydroxyl groups is 1. The van der Waals surface area contributed by atoms with Gasteiger partial charge in [-0.2, -0.15) is 0 Å². The maximum atomic E-state index is 12.9. The fourth-order valence-electron chi connectivity index (χ4n) is 3.69. The van der Waals surface area contributed by atoms with Crippen LogP contribution in [0.4, 0.5) is 4.39 Å². The van der Waals surface area contributed by atoms with Crippen LogP contribution in [0.15, 0.2) is 24.3 Å². The number of carbonyl (C=O) groups is 1. The molecule has 0 bridgehead atoms. The van der Waals surface area contributed by atoms with Crippen molar-refractivity contribution in [3.8, 4) is 0 Å². The fourth-order valence-corrected chi connectivity index (χ4v) is 3.69. The van der Waals surface area contributed by atoms with Gasteiger partial charge >= 0.3 is 0 Å². The van der Waals surface area contributed by atoms with Gasteiger partial charge in [-0.15, -0.1) is 0 Å². The van der Waals surface area contributed by atoms with Crippen molar-refractivity contribution in [2.75, 3.05) is 0 Å². The number of likely N-dealkylation sites (tertiary alicyclic amines) is 1. The van der Waals surface area contributed by atoms with Gasteiger partial charge in [-0.1, -0.05) is 12.1 Å². The lowest BCUT2D eigenvalue weighted by Gasteiger charge is -2.32. The first kappa shape index (κ1) is 18.9. The number of rotatable bonds is 6. The van der Waals surface area contributed by atoms with E-state index in [-0.39, 0.29) is 23.8 Å². The molecule has 5 unspecified atom stereocenters. The molecule has 2 N–H and O–H groups in total. The number of hydrogen-bond acceptors (Lipinski definition) is 3. The Kier molecular flexibility index (Phi) is 6.35. The smallest absolute Gasteiger partial charge is 0.237 e. The molecule has 1 aromatic rings. The zero-order valence-corrected chi connectivity index (χ0v) is 15.0. The second-order valence-electron chi connectivity index (χ2n) is 7.11. The standard InChI is InChI=1S/C19H29FN2O2/c1-12(11-18(23)16-7-9-17(20)10-8-16)21-19(24)15(4)22-13(2)5-6-14(22)3/h7-10,12-15,18,23H,5-6,11H2,1-4H3,(H,21,24). The van der Waals surface area contributed by atoms with Crippen molar-refractivity contribution in [2.45, 2.75) is 77.2 Å². The Morgan fingerprint density at radius 1 is 1.25 bits per heavy atom. The second kappa shape index (κ2) is 8.08. The summed E-state index contributed by atoms with van der Waals surface area (Å²) in [6, 6.07) is 6.31. The van der Waals surface area contributed by atoms with E-state index in [1.165, 1.54) is 12.1 Å². The van der Waals surface area contributed by atoms with Gasteiger partial charge in [0.05, 0.1) is 12.1 Å². The molecule has 1 saturated heterocycles. The molecule has 0 radical (unpaired) electrons. The van der Waals surface area contributed by atoms with Crippen LogP contribution in [0.2, 0.25) is 0 Å². The number of carbonyl (C=O) groups excluding carboxylic acids is 1. The number of aliphatic hydroxyl groups excluding tert-OH is 1. The van der Waals surface area contributed by atoms with Gasteiger partial charge in [0.1, 0.15) is 5.82 Å². The summed E-state index contributed by atoms with van der Waals surface area (Å²) in [5.74, 6) is -0.329. The molecule has 0 aromatic heterocycles. The number of amides is 1. The minimum absolute atomic E-state index is 0.00518. The van der Waals surface area contributed by atoms with E-state index in [1.54, 1.807) is 12.1 Å². The summed E-state index contributed by atoms with van der Waals surface area (Å²) < 4.78 is 12.9. The molecule has 2 rings (SSSR count). The first-order valence-electron chi connectivity index (χ1n) is 8.81. The average molecular weight is 336 g/mol. The van der Waals surface area contributed by atoms with Gasteiger partial charge in [0, 0.05) is 18.1 Å². The molecule has 0 aliphatic carbocycles. The minimum atomic E-state index is -0.721. The van der Waals surface area contributed by atoms with Crippen LogP contribution in [-0.2, 0) is 4.79 Å². The quantitative estimate of drug-likeness (QED) is 0.840. The van der Waals surface area contributed by atoms with E-state index >= 15 is 0 Å². The maximum Gasteiger partial charge on any atom is 0.237 e. The average Bonchev–Trinajstić information content (AvgIpc) is 2.85. The zero-order valence-electron chi connectivity index (χ0n) is 15.0. The second-order valence-corrected chi connectivity index (χ2v) is 7.11. The Morgan fingerprint density at radius 3 is 2.33 bits per heavy atom. The summed E-state index contributed by atoms with van der Waals surface area (Å²) in [5, 5.41) is 13.2. The molecule has 5 heteroatoms. The van der Waals surface area contributed by atoms with Crippen LogP contribution in [0.25, 0.3) is 0 Å². The van der Waals surface area contributed by atoms with Crippen molar-refractivity contribution in [3.63, 3.8) is 0 Å². The highest BCUT2D eigenvalue weighted by molar-refractivity contribution is 5.81. The van der Waals surface area contributed by atoms with Crippen molar-refractivity contribution in [2.24, 2.45) is 0 Å². The lowest BCUT2D eigenvalue weighted by atomic mass is 10.0. The Balaban J connectivity index is 1.88. The molecular formula is C19H29FN2O2. The van der Waals surface area contributed by atoms with E-state index in [2.05, 4.69) is 24.1 Å². The summed E-state index contributed by atoms with van der Waals surface area (Å²) in [4.78, 5) is 14.8. The molecule has 24 heavy (non-hydrogen) atoms. The van der Waals surface area contributed by atoms with Crippen LogP contribution in [0.5, 0.6) is 0 Å². The van der Waals surface area contributed by atoms with Crippen molar-refractivity contribution in [1.82, 2.24) is 10.2 Å². The van der Waals surface area contributed by atoms with Gasteiger partial charge in [-0.3, -0.25) is 9.69 Å². The van der Waals surface area contributed by atoms with Crippen molar-refractivity contribution < 1.29 is 14.3 Å². The Morgan fingerprint density at radius 2 is 1.79 bits per heavy atom. The topological polar surface area (TPSA) is 52.6 Å². The predicted octanol–water partition coefficient (Wildman–Crippen LogP) is 3.02. The number of halogens is 1. The largest absolute Gasteiger partial charge is 0.388 e. The monoisotopic (exact) mass is 336 g/mol. The molecule has 4 nitrogen and oxygen atoms in total. The van der Waals surface area contributed by atoms with Crippen LogP contribution in [0.1, 0.15) is 58.6 Å². The summed E-state index contributed by atoms with van der Waals surface area (Å²) >= 11 is 0. The summed E-state index contributed by atoms with van der Waals surface area (Å²) in [6.45, 7) is 8.15. The lowest BCUT2D eigenvalue weighted by Crippen LogP contribution is -2.51. The normalized spacial score (nSPS) is 25.2. The first-order valence-corrected chi connectivity index (χ1v) is 8.81. The Labute approximate surface area is 144 Å². The van der Waals surface area contributed by atoms with Gasteiger partial charge in [0.25, 0.3) is 0 Å². The summed E-state index contributed by atoms with van der Waals surface area (Å²) in [7, 11) is 0. The lowest BCUT2D eigenvalue weighted by molar-refractivity contribution is -0.127. The van der Waals surface area contributed by atoms with E-state index in [9.17, 15) is 14.3 Å². The molecule has 1 amide bonds. The van der Waals surface area contributed by atoms with E-state index in [0.717, 1.165) is 12.8 Å². The zero-order chi connectivity index (χ0) is 17.9. The van der Waals surface area contributed by atoms with Crippen LogP contribution >= 0.6 is 0 Å². The van der Waals surface area contributed by atoms with E-state index in [1.807, 2.05) is 13.8 Å². The van der Waals surface area contributed by atoms with E-state index in [4.69, 9.17) is 0 Å². The van der Waals surface area contributed by atoms with Crippen LogP contribution < -0.4 is 5.32 Å². The van der Waals surface area contributed by atoms with Crippen LogP contribution in [0.3, 0.4) is 0 Å². The highest BCUT2D eigenvalue weighted by Gasteiger charge is 2.34. The SMILES string of the molecule is CC(CC(O)c1ccc(F)cc1)NC(=O)C(C)N1C(C)CCC1C. The van der Waals surface area contributed by atoms with Crippen molar-refractivity contribution >= 4 is 5.91 Å². The van der Waals surface area contributed by atoms with Gasteiger partial charge in [-0.25, -0.2) is 4.39 Å². The number of nitrogens with one attached hydrogen (secondary N) is 1. The van der Waals surface area contributed by atoms with E-state index in [0.29, 0.717) is 24.1 Å².